The Labute approximate surface area is 177 Å². The van der Waals surface area contributed by atoms with E-state index >= 15 is 0 Å². The molecule has 1 amide bonds. The molecule has 0 fully saturated rings. The molecule has 0 saturated heterocycles. The van der Waals surface area contributed by atoms with Crippen LogP contribution in [0.25, 0.3) is 15.6 Å². The van der Waals surface area contributed by atoms with Crippen LogP contribution in [0.15, 0.2) is 59.4 Å². The van der Waals surface area contributed by atoms with E-state index in [1.807, 2.05) is 22.9 Å². The van der Waals surface area contributed by atoms with Gasteiger partial charge in [-0.2, -0.15) is 18.3 Å². The summed E-state index contributed by atoms with van der Waals surface area (Å²) in [6, 6.07) is 11.7. The molecular weight excluding hydrogens is 433 g/mol. The van der Waals surface area contributed by atoms with Crippen LogP contribution in [0.5, 0.6) is 0 Å². The second kappa shape index (κ2) is 8.41. The second-order valence-electron chi connectivity index (χ2n) is 6.38. The molecule has 0 saturated carbocycles. The number of carbonyl (C=O) groups excluding carboxylic acids is 1. The molecule has 154 valence electrons. The first-order valence-corrected chi connectivity index (χ1v) is 10.6. The van der Waals surface area contributed by atoms with Gasteiger partial charge in [0.15, 0.2) is 5.69 Å². The summed E-state index contributed by atoms with van der Waals surface area (Å²) in [5.74, 6) is -0.149. The highest BCUT2D eigenvalue weighted by Gasteiger charge is 2.33. The van der Waals surface area contributed by atoms with Crippen LogP contribution in [-0.2, 0) is 23.9 Å². The first-order chi connectivity index (χ1) is 14.4. The van der Waals surface area contributed by atoms with Crippen molar-refractivity contribution in [3.8, 4) is 15.6 Å². The number of carbonyl (C=O) groups is 1. The number of hydrogen-bond acceptors (Lipinski definition) is 5. The molecule has 4 aromatic rings. The van der Waals surface area contributed by atoms with E-state index < -0.39 is 11.9 Å². The summed E-state index contributed by atoms with van der Waals surface area (Å²) in [7, 11) is 0. The van der Waals surface area contributed by atoms with Gasteiger partial charge in [-0.25, -0.2) is 9.67 Å². The smallest absolute Gasteiger partial charge is 0.352 e. The number of rotatable bonds is 6. The molecule has 0 aliphatic heterocycles. The van der Waals surface area contributed by atoms with Crippen LogP contribution in [0, 0.1) is 0 Å². The fraction of sp³-hybridized carbons (Fsp3) is 0.150. The van der Waals surface area contributed by atoms with E-state index in [0.717, 1.165) is 27.2 Å². The molecule has 0 atom stereocenters. The van der Waals surface area contributed by atoms with Crippen molar-refractivity contribution in [3.63, 3.8) is 0 Å². The lowest BCUT2D eigenvalue weighted by Gasteiger charge is -2.07. The average Bonchev–Trinajstić information content (AvgIpc) is 3.47. The average molecular weight is 448 g/mol. The third-order valence-electron chi connectivity index (χ3n) is 4.20. The van der Waals surface area contributed by atoms with E-state index in [2.05, 4.69) is 15.4 Å². The van der Waals surface area contributed by atoms with Crippen LogP contribution in [-0.4, -0.2) is 20.7 Å². The highest BCUT2D eigenvalue weighted by atomic mass is 32.1. The third kappa shape index (κ3) is 4.77. The van der Waals surface area contributed by atoms with Crippen LogP contribution in [0.3, 0.4) is 0 Å². The van der Waals surface area contributed by atoms with Gasteiger partial charge in [-0.05, 0) is 35.2 Å². The number of amides is 1. The highest BCUT2D eigenvalue weighted by Crippen LogP contribution is 2.28. The van der Waals surface area contributed by atoms with Crippen molar-refractivity contribution in [1.29, 1.82) is 0 Å². The summed E-state index contributed by atoms with van der Waals surface area (Å²) in [5, 5.41) is 11.1. The van der Waals surface area contributed by atoms with Gasteiger partial charge in [0, 0.05) is 18.1 Å². The number of hydrogen-bond donors (Lipinski definition) is 1. The predicted octanol–water partition coefficient (Wildman–Crippen LogP) is 4.94. The number of benzene rings is 1. The molecule has 1 aromatic carbocycles. The van der Waals surface area contributed by atoms with Crippen molar-refractivity contribution in [2.45, 2.75) is 19.1 Å². The maximum absolute atomic E-state index is 12.7. The van der Waals surface area contributed by atoms with Gasteiger partial charge in [-0.15, -0.1) is 22.7 Å². The van der Waals surface area contributed by atoms with E-state index in [-0.39, 0.29) is 12.3 Å². The van der Waals surface area contributed by atoms with Crippen LogP contribution in [0.1, 0.15) is 17.0 Å². The molecule has 10 heteroatoms. The van der Waals surface area contributed by atoms with Gasteiger partial charge in [0.2, 0.25) is 5.91 Å². The second-order valence-corrected chi connectivity index (χ2v) is 8.19. The first kappa shape index (κ1) is 20.3. The van der Waals surface area contributed by atoms with Crippen LogP contribution < -0.4 is 5.32 Å². The number of thiophene rings is 1. The number of halogens is 3. The number of alkyl halides is 3. The van der Waals surface area contributed by atoms with Gasteiger partial charge in [-0.3, -0.25) is 4.79 Å². The van der Waals surface area contributed by atoms with Gasteiger partial charge < -0.3 is 5.32 Å². The molecule has 0 bridgehead atoms. The molecular formula is C20H15F3N4OS2. The standard InChI is InChI=1S/C20H15F3N4OS2/c21-20(22,23)17-7-8-27(26-17)15-5-3-13(4-6-15)11-24-18(28)10-14-12-30-19(25-14)16-2-1-9-29-16/h1-9,12H,10-11H2,(H,24,28). The van der Waals surface area contributed by atoms with Gasteiger partial charge in [0.25, 0.3) is 0 Å². The Morgan fingerprint density at radius 1 is 1.10 bits per heavy atom. The Morgan fingerprint density at radius 2 is 1.90 bits per heavy atom. The van der Waals surface area contributed by atoms with E-state index in [1.54, 1.807) is 35.6 Å². The van der Waals surface area contributed by atoms with Crippen molar-refractivity contribution in [1.82, 2.24) is 20.1 Å². The SMILES string of the molecule is O=C(Cc1csc(-c2cccs2)n1)NCc1ccc(-n2ccc(C(F)(F)F)n2)cc1. The van der Waals surface area contributed by atoms with Gasteiger partial charge >= 0.3 is 6.18 Å². The van der Waals surface area contributed by atoms with E-state index in [4.69, 9.17) is 0 Å². The fourth-order valence-electron chi connectivity index (χ4n) is 2.71. The maximum Gasteiger partial charge on any atom is 0.435 e. The zero-order chi connectivity index (χ0) is 21.1. The molecule has 4 rings (SSSR count). The van der Waals surface area contributed by atoms with Crippen molar-refractivity contribution < 1.29 is 18.0 Å². The van der Waals surface area contributed by atoms with Crippen LogP contribution in [0.4, 0.5) is 13.2 Å². The molecule has 0 spiro atoms. The summed E-state index contributed by atoms with van der Waals surface area (Å²) < 4.78 is 39.2. The molecule has 1 N–H and O–H groups in total. The zero-order valence-electron chi connectivity index (χ0n) is 15.4. The number of thiazole rings is 1. The summed E-state index contributed by atoms with van der Waals surface area (Å²) in [5.41, 5.74) is 1.11. The zero-order valence-corrected chi connectivity index (χ0v) is 17.0. The molecule has 5 nitrogen and oxygen atoms in total. The Bertz CT molecular complexity index is 1130. The highest BCUT2D eigenvalue weighted by molar-refractivity contribution is 7.20. The van der Waals surface area contributed by atoms with Crippen molar-refractivity contribution in [2.75, 3.05) is 0 Å². The molecule has 3 heterocycles. The lowest BCUT2D eigenvalue weighted by Crippen LogP contribution is -2.24. The van der Waals surface area contributed by atoms with E-state index in [1.165, 1.54) is 22.2 Å². The Hall–Kier alpha value is -2.98. The summed E-state index contributed by atoms with van der Waals surface area (Å²) in [6.45, 7) is 0.313. The van der Waals surface area contributed by atoms with Crippen molar-refractivity contribution in [2.24, 2.45) is 0 Å². The molecule has 0 unspecified atom stereocenters. The third-order valence-corrected chi connectivity index (χ3v) is 6.13. The van der Waals surface area contributed by atoms with Crippen LogP contribution >= 0.6 is 22.7 Å². The van der Waals surface area contributed by atoms with Gasteiger partial charge in [0.1, 0.15) is 5.01 Å². The summed E-state index contributed by atoms with van der Waals surface area (Å²) >= 11 is 3.11. The quantitative estimate of drug-likeness (QED) is 0.455. The fourth-order valence-corrected chi connectivity index (χ4v) is 4.35. The first-order valence-electron chi connectivity index (χ1n) is 8.85. The molecule has 0 aliphatic rings. The largest absolute Gasteiger partial charge is 0.435 e. The van der Waals surface area contributed by atoms with Crippen molar-refractivity contribution >= 4 is 28.6 Å². The minimum atomic E-state index is -4.47. The van der Waals surface area contributed by atoms with Crippen LogP contribution in [0.2, 0.25) is 0 Å². The maximum atomic E-state index is 12.7. The lowest BCUT2D eigenvalue weighted by atomic mass is 10.2. The topological polar surface area (TPSA) is 59.8 Å². The minimum Gasteiger partial charge on any atom is -0.352 e. The number of nitrogens with one attached hydrogen (secondary N) is 1. The minimum absolute atomic E-state index is 0.149. The Morgan fingerprint density at radius 3 is 2.57 bits per heavy atom. The molecule has 0 radical (unpaired) electrons. The lowest BCUT2D eigenvalue weighted by molar-refractivity contribution is -0.141. The predicted molar refractivity (Wildman–Crippen MR) is 110 cm³/mol. The van der Waals surface area contributed by atoms with Crippen molar-refractivity contribution in [3.05, 3.63) is 76.4 Å². The monoisotopic (exact) mass is 448 g/mol. The number of aromatic nitrogens is 3. The number of nitrogens with zero attached hydrogens (tertiary/aromatic N) is 3. The molecule has 30 heavy (non-hydrogen) atoms. The molecule has 0 aliphatic carbocycles. The van der Waals surface area contributed by atoms with E-state index in [9.17, 15) is 18.0 Å². The van der Waals surface area contributed by atoms with E-state index in [0.29, 0.717) is 12.2 Å². The Balaban J connectivity index is 1.32. The summed E-state index contributed by atoms with van der Waals surface area (Å²) in [6.07, 6.45) is -3.03. The van der Waals surface area contributed by atoms with Gasteiger partial charge in [-0.1, -0.05) is 18.2 Å². The summed E-state index contributed by atoms with van der Waals surface area (Å²) in [4.78, 5) is 17.8. The van der Waals surface area contributed by atoms with Gasteiger partial charge in [0.05, 0.1) is 22.7 Å². The molecule has 3 aromatic heterocycles. The Kier molecular flexibility index (Phi) is 5.69. The normalized spacial score (nSPS) is 11.6.